The van der Waals surface area contributed by atoms with E-state index in [1.807, 2.05) is 13.8 Å². The second-order valence-electron chi connectivity index (χ2n) is 5.64. The van der Waals surface area contributed by atoms with Gasteiger partial charge in [-0.2, -0.15) is 0 Å². The van der Waals surface area contributed by atoms with Crippen LogP contribution >= 0.6 is 0 Å². The maximum absolute atomic E-state index is 12.6. The zero-order valence-corrected chi connectivity index (χ0v) is 13.0. The number of piperazine rings is 1. The Bertz CT molecular complexity index is 772. The second-order valence-corrected chi connectivity index (χ2v) is 5.64. The van der Waals surface area contributed by atoms with Crippen molar-refractivity contribution in [1.82, 2.24) is 19.8 Å². The van der Waals surface area contributed by atoms with Gasteiger partial charge >= 0.3 is 0 Å². The van der Waals surface area contributed by atoms with Crippen LogP contribution in [-0.4, -0.2) is 58.3 Å². The first kappa shape index (κ1) is 14.4. The highest BCUT2D eigenvalue weighted by Crippen LogP contribution is 2.16. The van der Waals surface area contributed by atoms with Crippen LogP contribution in [0.1, 0.15) is 21.7 Å². The van der Waals surface area contributed by atoms with E-state index in [1.165, 1.54) is 0 Å². The number of carbonyl (C=O) groups excluding carboxylic acids is 2. The highest BCUT2D eigenvalue weighted by atomic mass is 16.2. The topological polar surface area (TPSA) is 66.4 Å². The van der Waals surface area contributed by atoms with Crippen LogP contribution in [0.5, 0.6) is 0 Å². The summed E-state index contributed by atoms with van der Waals surface area (Å²) in [5.74, 6) is -0.171. The molecule has 3 rings (SSSR count). The number of hydrogen-bond acceptors (Lipinski definition) is 4. The number of carbonyl (C=O) groups is 2. The monoisotopic (exact) mass is 298 g/mol. The predicted octanol–water partition coefficient (Wildman–Crippen LogP) is 1.16. The second kappa shape index (κ2) is 5.36. The van der Waals surface area contributed by atoms with E-state index in [1.54, 1.807) is 35.0 Å². The Kier molecular flexibility index (Phi) is 3.52. The Morgan fingerprint density at radius 2 is 1.77 bits per heavy atom. The molecule has 0 N–H and O–H groups in total. The van der Waals surface area contributed by atoms with Crippen LogP contribution in [0.2, 0.25) is 0 Å². The van der Waals surface area contributed by atoms with Crippen molar-refractivity contribution < 1.29 is 9.59 Å². The molecule has 0 saturated carbocycles. The van der Waals surface area contributed by atoms with Gasteiger partial charge in [0.05, 0.1) is 22.4 Å². The molecule has 2 aromatic rings. The summed E-state index contributed by atoms with van der Waals surface area (Å²) in [5.41, 5.74) is 3.76. The van der Waals surface area contributed by atoms with Crippen LogP contribution in [0.15, 0.2) is 18.2 Å². The van der Waals surface area contributed by atoms with Crippen molar-refractivity contribution in [3.05, 3.63) is 35.2 Å². The maximum atomic E-state index is 12.6. The lowest BCUT2D eigenvalue weighted by molar-refractivity contribution is -0.133. The van der Waals surface area contributed by atoms with Crippen molar-refractivity contribution in [2.45, 2.75) is 13.8 Å². The van der Waals surface area contributed by atoms with Crippen LogP contribution in [-0.2, 0) is 4.79 Å². The molecule has 2 amide bonds. The van der Waals surface area contributed by atoms with Gasteiger partial charge in [0.2, 0.25) is 5.91 Å². The van der Waals surface area contributed by atoms with Gasteiger partial charge in [0.25, 0.3) is 5.91 Å². The van der Waals surface area contributed by atoms with Gasteiger partial charge in [0.1, 0.15) is 6.54 Å². The van der Waals surface area contributed by atoms with Crippen LogP contribution in [0.3, 0.4) is 0 Å². The molecule has 1 fully saturated rings. The van der Waals surface area contributed by atoms with Crippen molar-refractivity contribution >= 4 is 22.8 Å². The fourth-order valence-corrected chi connectivity index (χ4v) is 2.48. The molecule has 0 aliphatic carbocycles. The molecule has 114 valence electrons. The molecule has 1 aromatic heterocycles. The summed E-state index contributed by atoms with van der Waals surface area (Å²) in [6.45, 7) is 5.06. The van der Waals surface area contributed by atoms with Crippen LogP contribution in [0, 0.1) is 13.8 Å². The third-order valence-electron chi connectivity index (χ3n) is 4.07. The van der Waals surface area contributed by atoms with Gasteiger partial charge in [-0.15, -0.1) is 0 Å². The third-order valence-corrected chi connectivity index (χ3v) is 4.07. The minimum atomic E-state index is -0.136. The molecule has 1 aliphatic heterocycles. The smallest absolute Gasteiger partial charge is 0.254 e. The van der Waals surface area contributed by atoms with E-state index in [0.29, 0.717) is 24.2 Å². The Morgan fingerprint density at radius 3 is 2.45 bits per heavy atom. The predicted molar refractivity (Wildman–Crippen MR) is 82.6 cm³/mol. The van der Waals surface area contributed by atoms with Crippen molar-refractivity contribution in [2.24, 2.45) is 0 Å². The van der Waals surface area contributed by atoms with Crippen molar-refractivity contribution in [1.29, 1.82) is 0 Å². The van der Waals surface area contributed by atoms with Gasteiger partial charge < -0.3 is 9.80 Å². The van der Waals surface area contributed by atoms with Crippen LogP contribution in [0.25, 0.3) is 11.0 Å². The average Bonchev–Trinajstić information content (AvgIpc) is 2.50. The number of rotatable bonds is 1. The Balaban J connectivity index is 1.91. The summed E-state index contributed by atoms with van der Waals surface area (Å²) in [5, 5.41) is 0. The molecule has 6 heteroatoms. The van der Waals surface area contributed by atoms with Gasteiger partial charge in [-0.05, 0) is 32.0 Å². The molecule has 6 nitrogen and oxygen atoms in total. The molecular weight excluding hydrogens is 280 g/mol. The largest absolute Gasteiger partial charge is 0.342 e. The lowest BCUT2D eigenvalue weighted by Gasteiger charge is -2.32. The number of aromatic nitrogens is 2. The highest BCUT2D eigenvalue weighted by molar-refractivity contribution is 5.99. The molecule has 1 saturated heterocycles. The van der Waals surface area contributed by atoms with Gasteiger partial charge in [-0.25, -0.2) is 9.97 Å². The third kappa shape index (κ3) is 2.52. The van der Waals surface area contributed by atoms with E-state index >= 15 is 0 Å². The SMILES string of the molecule is Cc1nc2ccc(C(=O)N3CCN(C)C(=O)C3)cc2nc1C. The van der Waals surface area contributed by atoms with Crippen LogP contribution < -0.4 is 0 Å². The maximum Gasteiger partial charge on any atom is 0.254 e. The Labute approximate surface area is 128 Å². The lowest BCUT2D eigenvalue weighted by Crippen LogP contribution is -2.50. The van der Waals surface area contributed by atoms with Crippen molar-refractivity contribution in [3.8, 4) is 0 Å². The van der Waals surface area contributed by atoms with E-state index in [4.69, 9.17) is 0 Å². The van der Waals surface area contributed by atoms with E-state index < -0.39 is 0 Å². The zero-order valence-electron chi connectivity index (χ0n) is 13.0. The molecule has 1 aromatic carbocycles. The fraction of sp³-hybridized carbons (Fsp3) is 0.375. The lowest BCUT2D eigenvalue weighted by atomic mass is 10.1. The molecule has 0 bridgehead atoms. The number of amides is 2. The molecule has 22 heavy (non-hydrogen) atoms. The van der Waals surface area contributed by atoms with Crippen molar-refractivity contribution in [3.63, 3.8) is 0 Å². The van der Waals surface area contributed by atoms with Crippen molar-refractivity contribution in [2.75, 3.05) is 26.7 Å². The van der Waals surface area contributed by atoms with Gasteiger partial charge in [0, 0.05) is 25.7 Å². The number of benzene rings is 1. The quantitative estimate of drug-likeness (QED) is 0.792. The standard InChI is InChI=1S/C16H18N4O2/c1-10-11(2)18-14-8-12(4-5-13(14)17-10)16(22)20-7-6-19(3)15(21)9-20/h4-5,8H,6-7,9H2,1-3H3. The number of aryl methyl sites for hydroxylation is 2. The average molecular weight is 298 g/mol. The first-order chi connectivity index (χ1) is 10.5. The normalized spacial score (nSPS) is 15.5. The molecule has 0 unspecified atom stereocenters. The minimum Gasteiger partial charge on any atom is -0.342 e. The molecule has 0 radical (unpaired) electrons. The first-order valence-electron chi connectivity index (χ1n) is 7.24. The molecule has 1 aliphatic rings. The van der Waals surface area contributed by atoms with Gasteiger partial charge in [-0.1, -0.05) is 0 Å². The Morgan fingerprint density at radius 1 is 1.09 bits per heavy atom. The number of likely N-dealkylation sites (N-methyl/N-ethyl adjacent to an activating group) is 1. The summed E-state index contributed by atoms with van der Waals surface area (Å²) in [7, 11) is 1.75. The molecule has 0 spiro atoms. The van der Waals surface area contributed by atoms with E-state index in [2.05, 4.69) is 9.97 Å². The summed E-state index contributed by atoms with van der Waals surface area (Å²) >= 11 is 0. The molecular formula is C16H18N4O2. The Hall–Kier alpha value is -2.50. The summed E-state index contributed by atoms with van der Waals surface area (Å²) in [6, 6.07) is 5.30. The molecule has 0 atom stereocenters. The minimum absolute atomic E-state index is 0.0355. The summed E-state index contributed by atoms with van der Waals surface area (Å²) in [6.07, 6.45) is 0. The first-order valence-corrected chi connectivity index (χ1v) is 7.24. The van der Waals surface area contributed by atoms with Gasteiger partial charge in [-0.3, -0.25) is 9.59 Å². The van der Waals surface area contributed by atoms with E-state index in [0.717, 1.165) is 16.9 Å². The fourth-order valence-electron chi connectivity index (χ4n) is 2.48. The molecule has 2 heterocycles. The number of hydrogen-bond donors (Lipinski definition) is 0. The van der Waals surface area contributed by atoms with E-state index in [9.17, 15) is 9.59 Å². The van der Waals surface area contributed by atoms with Gasteiger partial charge in [0.15, 0.2) is 0 Å². The highest BCUT2D eigenvalue weighted by Gasteiger charge is 2.25. The van der Waals surface area contributed by atoms with Crippen LogP contribution in [0.4, 0.5) is 0 Å². The zero-order chi connectivity index (χ0) is 15.9. The summed E-state index contributed by atoms with van der Waals surface area (Å²) < 4.78 is 0. The number of nitrogens with zero attached hydrogens (tertiary/aromatic N) is 4. The summed E-state index contributed by atoms with van der Waals surface area (Å²) in [4.78, 5) is 36.5. The number of fused-ring (bicyclic) bond motifs is 1. The van der Waals surface area contributed by atoms with E-state index in [-0.39, 0.29) is 18.4 Å².